The number of anilines is 1. The number of esters is 2. The first-order valence-electron chi connectivity index (χ1n) is 8.48. The van der Waals surface area contributed by atoms with E-state index in [-0.39, 0.29) is 27.8 Å². The molecular formula is C19H16N4O6S. The van der Waals surface area contributed by atoms with Crippen LogP contribution in [0.4, 0.5) is 5.69 Å². The smallest absolute Gasteiger partial charge is 0.337 e. The molecule has 1 aromatic carbocycles. The van der Waals surface area contributed by atoms with Gasteiger partial charge in [0.25, 0.3) is 5.22 Å². The average Bonchev–Trinajstić information content (AvgIpc) is 3.26. The molecule has 0 aliphatic heterocycles. The molecule has 0 aliphatic carbocycles. The number of aromatic nitrogens is 3. The van der Waals surface area contributed by atoms with Gasteiger partial charge in [-0.1, -0.05) is 11.8 Å². The van der Waals surface area contributed by atoms with E-state index in [2.05, 4.69) is 30.0 Å². The molecule has 154 valence electrons. The Balaban J connectivity index is 1.66. The fraction of sp³-hybridized carbons (Fsp3) is 0.158. The van der Waals surface area contributed by atoms with Crippen molar-refractivity contribution in [2.75, 3.05) is 25.3 Å². The molecule has 10 nitrogen and oxygen atoms in total. The number of thioether (sulfide) groups is 1. The molecule has 2 aromatic heterocycles. The number of carbonyl (C=O) groups is 3. The van der Waals surface area contributed by atoms with E-state index in [0.29, 0.717) is 11.5 Å². The van der Waals surface area contributed by atoms with E-state index in [1.807, 2.05) is 0 Å². The van der Waals surface area contributed by atoms with Gasteiger partial charge in [-0.25, -0.2) is 9.59 Å². The monoisotopic (exact) mass is 428 g/mol. The van der Waals surface area contributed by atoms with E-state index in [1.54, 1.807) is 24.5 Å². The molecule has 0 spiro atoms. The molecule has 0 atom stereocenters. The van der Waals surface area contributed by atoms with Crippen molar-refractivity contribution < 1.29 is 28.3 Å². The van der Waals surface area contributed by atoms with Crippen LogP contribution >= 0.6 is 11.8 Å². The van der Waals surface area contributed by atoms with Gasteiger partial charge < -0.3 is 19.2 Å². The van der Waals surface area contributed by atoms with E-state index < -0.39 is 17.8 Å². The lowest BCUT2D eigenvalue weighted by molar-refractivity contribution is -0.113. The first-order valence-corrected chi connectivity index (χ1v) is 9.47. The number of nitrogens with one attached hydrogen (secondary N) is 1. The lowest BCUT2D eigenvalue weighted by atomic mass is 10.1. The molecule has 3 rings (SSSR count). The lowest BCUT2D eigenvalue weighted by Gasteiger charge is -2.09. The van der Waals surface area contributed by atoms with E-state index in [9.17, 15) is 14.4 Å². The van der Waals surface area contributed by atoms with Crippen molar-refractivity contribution in [3.8, 4) is 11.5 Å². The van der Waals surface area contributed by atoms with Crippen molar-refractivity contribution in [1.82, 2.24) is 15.2 Å². The highest BCUT2D eigenvalue weighted by Crippen LogP contribution is 2.23. The molecule has 1 N–H and O–H groups in total. The first-order chi connectivity index (χ1) is 14.5. The van der Waals surface area contributed by atoms with Crippen molar-refractivity contribution in [2.24, 2.45) is 0 Å². The highest BCUT2D eigenvalue weighted by atomic mass is 32.2. The SMILES string of the molecule is COC(=O)c1cc(NC(=O)CSc2nnc(-c3cccnc3)o2)cc(C(=O)OC)c1. The number of hydrogen-bond donors (Lipinski definition) is 1. The van der Waals surface area contributed by atoms with Gasteiger partial charge in [-0.15, -0.1) is 10.2 Å². The van der Waals surface area contributed by atoms with Gasteiger partial charge in [0.1, 0.15) is 0 Å². The number of benzene rings is 1. The minimum atomic E-state index is -0.653. The van der Waals surface area contributed by atoms with Crippen LogP contribution < -0.4 is 5.32 Å². The van der Waals surface area contributed by atoms with Gasteiger partial charge >= 0.3 is 11.9 Å². The summed E-state index contributed by atoms with van der Waals surface area (Å²) < 4.78 is 14.8. The number of nitrogens with zero attached hydrogens (tertiary/aromatic N) is 3. The Kier molecular flexibility index (Phi) is 6.75. The number of methoxy groups -OCH3 is 2. The van der Waals surface area contributed by atoms with Crippen LogP contribution in [0.1, 0.15) is 20.7 Å². The summed E-state index contributed by atoms with van der Waals surface area (Å²) in [5.74, 6) is -1.46. The van der Waals surface area contributed by atoms with Crippen molar-refractivity contribution in [2.45, 2.75) is 5.22 Å². The van der Waals surface area contributed by atoms with Gasteiger partial charge in [0.15, 0.2) is 0 Å². The van der Waals surface area contributed by atoms with Crippen LogP contribution in [0.15, 0.2) is 52.4 Å². The van der Waals surface area contributed by atoms with Crippen molar-refractivity contribution in [3.05, 3.63) is 53.9 Å². The summed E-state index contributed by atoms with van der Waals surface area (Å²) >= 11 is 1.04. The molecule has 0 fully saturated rings. The van der Waals surface area contributed by atoms with Crippen molar-refractivity contribution >= 4 is 35.3 Å². The van der Waals surface area contributed by atoms with Crippen LogP contribution in [0, 0.1) is 0 Å². The number of rotatable bonds is 7. The van der Waals surface area contributed by atoms with Crippen LogP contribution in [0.5, 0.6) is 0 Å². The summed E-state index contributed by atoms with van der Waals surface area (Å²) in [6, 6.07) is 7.63. The minimum absolute atomic E-state index is 0.0370. The molecule has 3 aromatic rings. The van der Waals surface area contributed by atoms with E-state index in [4.69, 9.17) is 4.42 Å². The maximum atomic E-state index is 12.3. The molecule has 0 saturated carbocycles. The van der Waals surface area contributed by atoms with Gasteiger partial charge in [0, 0.05) is 18.1 Å². The maximum absolute atomic E-state index is 12.3. The third-order valence-electron chi connectivity index (χ3n) is 3.70. The standard InChI is InChI=1S/C19H16N4O6S/c1-27-17(25)12-6-13(18(26)28-2)8-14(7-12)21-15(24)10-30-19-23-22-16(29-19)11-4-3-5-20-9-11/h3-9H,10H2,1-2H3,(H,21,24). The van der Waals surface area contributed by atoms with Crippen molar-refractivity contribution in [1.29, 1.82) is 0 Å². The normalized spacial score (nSPS) is 10.3. The number of pyridine rings is 1. The van der Waals surface area contributed by atoms with Gasteiger partial charge in [-0.05, 0) is 30.3 Å². The first kappa shape index (κ1) is 21.0. The Bertz CT molecular complexity index is 1040. The van der Waals surface area contributed by atoms with Gasteiger partial charge in [-0.3, -0.25) is 9.78 Å². The quantitative estimate of drug-likeness (QED) is 0.442. The van der Waals surface area contributed by atoms with Gasteiger partial charge in [0.2, 0.25) is 11.8 Å². The third kappa shape index (κ3) is 5.20. The van der Waals surface area contributed by atoms with Gasteiger partial charge in [-0.2, -0.15) is 0 Å². The van der Waals surface area contributed by atoms with Crippen molar-refractivity contribution in [3.63, 3.8) is 0 Å². The predicted octanol–water partition coefficient (Wildman–Crippen LogP) is 2.44. The molecule has 0 bridgehead atoms. The van der Waals surface area contributed by atoms with E-state index in [1.165, 1.54) is 32.4 Å². The number of ether oxygens (including phenoxy) is 2. The fourth-order valence-corrected chi connectivity index (χ4v) is 2.93. The van der Waals surface area contributed by atoms with E-state index in [0.717, 1.165) is 11.8 Å². The minimum Gasteiger partial charge on any atom is -0.465 e. The fourth-order valence-electron chi connectivity index (χ4n) is 2.37. The Morgan fingerprint density at radius 3 is 2.37 bits per heavy atom. The third-order valence-corrected chi connectivity index (χ3v) is 4.52. The molecule has 11 heteroatoms. The number of amides is 1. The van der Waals surface area contributed by atoms with Crippen LogP contribution in [0.25, 0.3) is 11.5 Å². The van der Waals surface area contributed by atoms with Crippen LogP contribution in [0.2, 0.25) is 0 Å². The maximum Gasteiger partial charge on any atom is 0.337 e. The second-order valence-corrected chi connectivity index (χ2v) is 6.66. The number of carbonyl (C=O) groups excluding carboxylic acids is 3. The Hall–Kier alpha value is -3.73. The highest BCUT2D eigenvalue weighted by molar-refractivity contribution is 7.99. The van der Waals surface area contributed by atoms with Crippen LogP contribution in [-0.4, -0.2) is 53.0 Å². The summed E-state index contributed by atoms with van der Waals surface area (Å²) in [5, 5.41) is 10.6. The average molecular weight is 428 g/mol. The second-order valence-electron chi connectivity index (χ2n) is 5.73. The Morgan fingerprint density at radius 2 is 1.77 bits per heavy atom. The molecule has 1 amide bonds. The van der Waals surface area contributed by atoms with Gasteiger partial charge in [0.05, 0.1) is 36.7 Å². The second kappa shape index (κ2) is 9.65. The van der Waals surface area contributed by atoms with Crippen LogP contribution in [0.3, 0.4) is 0 Å². The Morgan fingerprint density at radius 1 is 1.07 bits per heavy atom. The molecule has 0 saturated heterocycles. The zero-order chi connectivity index (χ0) is 21.5. The predicted molar refractivity (Wildman–Crippen MR) is 106 cm³/mol. The van der Waals surface area contributed by atoms with Crippen LogP contribution in [-0.2, 0) is 14.3 Å². The zero-order valence-corrected chi connectivity index (χ0v) is 16.8. The largest absolute Gasteiger partial charge is 0.465 e. The highest BCUT2D eigenvalue weighted by Gasteiger charge is 2.16. The lowest BCUT2D eigenvalue weighted by Crippen LogP contribution is -2.16. The summed E-state index contributed by atoms with van der Waals surface area (Å²) in [6.45, 7) is 0. The molecule has 0 unspecified atom stereocenters. The summed E-state index contributed by atoms with van der Waals surface area (Å²) in [7, 11) is 2.43. The zero-order valence-electron chi connectivity index (χ0n) is 15.9. The summed E-state index contributed by atoms with van der Waals surface area (Å²) in [4.78, 5) is 39.9. The molecule has 30 heavy (non-hydrogen) atoms. The summed E-state index contributed by atoms with van der Waals surface area (Å²) in [5.41, 5.74) is 1.10. The Labute approximate surface area is 175 Å². The number of hydrogen-bond acceptors (Lipinski definition) is 10. The van der Waals surface area contributed by atoms with E-state index >= 15 is 0 Å². The molecule has 0 aliphatic rings. The molecular weight excluding hydrogens is 412 g/mol. The summed E-state index contributed by atoms with van der Waals surface area (Å²) in [6.07, 6.45) is 3.21. The molecule has 2 heterocycles. The topological polar surface area (TPSA) is 134 Å². The molecule has 0 radical (unpaired) electrons.